The largest absolute Gasteiger partial charge is 0.358 e. The van der Waals surface area contributed by atoms with Gasteiger partial charge in [0.05, 0.1) is 57.3 Å². The Morgan fingerprint density at radius 1 is 0.623 bits per heavy atom. The van der Waals surface area contributed by atoms with Crippen molar-refractivity contribution in [3.05, 3.63) is 158 Å². The molecule has 3 aliphatic heterocycles. The average molecular weight is 930 g/mol. The van der Waals surface area contributed by atoms with Gasteiger partial charge in [0.15, 0.2) is 12.1 Å². The SMILES string of the molecule is CC(C)c1cccc(N(C)C(=O)c2ccc(-c3ccc4c(c3)C(=O)N(C(C)C(C)(C)OCN(C)CN3C(=O)c5ccc(C(=O)c6ccc7c(c6)C(=O)N(C(C)C)C7=O)cc5C3=O)C4=O)cc2C=O)c1. The summed E-state index contributed by atoms with van der Waals surface area (Å²) in [5.41, 5.74) is 3.24. The van der Waals surface area contributed by atoms with Gasteiger partial charge in [-0.15, -0.1) is 0 Å². The van der Waals surface area contributed by atoms with E-state index in [1.165, 1.54) is 41.3 Å². The number of ether oxygens (including phenoxy) is 1. The molecule has 3 aliphatic rings. The first-order valence-electron chi connectivity index (χ1n) is 22.5. The van der Waals surface area contributed by atoms with Crippen LogP contribution in [0.5, 0.6) is 0 Å². The van der Waals surface area contributed by atoms with Gasteiger partial charge in [-0.3, -0.25) is 62.8 Å². The van der Waals surface area contributed by atoms with E-state index in [1.807, 2.05) is 24.3 Å². The van der Waals surface area contributed by atoms with E-state index in [2.05, 4.69) is 13.8 Å². The summed E-state index contributed by atoms with van der Waals surface area (Å²) < 4.78 is 6.27. The van der Waals surface area contributed by atoms with Crippen LogP contribution in [-0.2, 0) is 4.74 Å². The van der Waals surface area contributed by atoms with Crippen molar-refractivity contribution in [2.45, 2.75) is 72.1 Å². The third kappa shape index (κ3) is 8.37. The Labute approximate surface area is 399 Å². The maximum Gasteiger partial charge on any atom is 0.262 e. The van der Waals surface area contributed by atoms with E-state index < -0.39 is 52.9 Å². The first-order valence-corrected chi connectivity index (χ1v) is 22.5. The molecule has 0 radical (unpaired) electrons. The molecule has 3 heterocycles. The Kier molecular flexibility index (Phi) is 12.5. The number of anilines is 1. The number of hydrogen-bond donors (Lipinski definition) is 0. The predicted octanol–water partition coefficient (Wildman–Crippen LogP) is 7.72. The normalized spacial score (nSPS) is 14.9. The first-order chi connectivity index (χ1) is 32.6. The lowest BCUT2D eigenvalue weighted by Gasteiger charge is -2.38. The number of benzene rings is 5. The van der Waals surface area contributed by atoms with E-state index in [1.54, 1.807) is 90.0 Å². The number of amides is 7. The maximum absolute atomic E-state index is 14.0. The molecule has 0 saturated carbocycles. The Hall–Kier alpha value is -7.75. The summed E-state index contributed by atoms with van der Waals surface area (Å²) in [6.07, 6.45) is 0.620. The zero-order chi connectivity index (χ0) is 50.0. The molecule has 8 rings (SSSR count). The molecule has 0 spiro atoms. The quantitative estimate of drug-likeness (QED) is 0.0434. The second kappa shape index (κ2) is 18.1. The second-order valence-electron chi connectivity index (χ2n) is 18.8. The summed E-state index contributed by atoms with van der Waals surface area (Å²) in [4.78, 5) is 127. The zero-order valence-corrected chi connectivity index (χ0v) is 39.8. The Bertz CT molecular complexity index is 3080. The van der Waals surface area contributed by atoms with E-state index in [4.69, 9.17) is 4.74 Å². The number of carbonyl (C=O) groups excluding carboxylic acids is 9. The van der Waals surface area contributed by atoms with E-state index >= 15 is 0 Å². The molecule has 0 aromatic heterocycles. The third-order valence-corrected chi connectivity index (χ3v) is 13.3. The molecule has 0 aliphatic carbocycles. The van der Waals surface area contributed by atoms with Crippen LogP contribution in [0, 0.1) is 0 Å². The standard InChI is InChI=1S/C54H51N5O10/c1-29(2)32-11-10-12-38(22-32)56(9)47(62)39-17-13-33(21-37(39)26-60)34-14-18-42-44(23-34)53(68)59(51(42)66)31(5)54(6,7)69-28-55(8)27-57-48(63)40-19-15-35(24-43(40)49(57)64)46(61)36-16-20-41-45(25-36)52(67)58(30(3)4)50(41)65/h10-26,29-31H,27-28H2,1-9H3. The van der Waals surface area contributed by atoms with Gasteiger partial charge in [0.25, 0.3) is 41.4 Å². The molecule has 0 saturated heterocycles. The Morgan fingerprint density at radius 3 is 1.77 bits per heavy atom. The molecule has 5 aromatic carbocycles. The van der Waals surface area contributed by atoms with Crippen LogP contribution in [0.4, 0.5) is 5.69 Å². The van der Waals surface area contributed by atoms with Gasteiger partial charge >= 0.3 is 0 Å². The molecule has 1 unspecified atom stereocenters. The van der Waals surface area contributed by atoms with Crippen LogP contribution in [0.3, 0.4) is 0 Å². The van der Waals surface area contributed by atoms with Crippen molar-refractivity contribution in [1.82, 2.24) is 19.6 Å². The van der Waals surface area contributed by atoms with Gasteiger partial charge in [0.1, 0.15) is 6.73 Å². The minimum absolute atomic E-state index is 0.0319. The van der Waals surface area contributed by atoms with Crippen molar-refractivity contribution in [3.8, 4) is 11.1 Å². The summed E-state index contributed by atoms with van der Waals surface area (Å²) in [6, 6.07) is 24.7. The van der Waals surface area contributed by atoms with Crippen LogP contribution in [0.15, 0.2) is 97.1 Å². The smallest absolute Gasteiger partial charge is 0.262 e. The summed E-state index contributed by atoms with van der Waals surface area (Å²) in [7, 11) is 3.28. The molecule has 0 bridgehead atoms. The molecule has 15 heteroatoms. The predicted molar refractivity (Wildman–Crippen MR) is 256 cm³/mol. The van der Waals surface area contributed by atoms with E-state index in [9.17, 15) is 43.2 Å². The molecule has 69 heavy (non-hydrogen) atoms. The highest BCUT2D eigenvalue weighted by atomic mass is 16.5. The topological polar surface area (TPSA) is 179 Å². The van der Waals surface area contributed by atoms with Gasteiger partial charge < -0.3 is 9.64 Å². The summed E-state index contributed by atoms with van der Waals surface area (Å²) in [6.45, 7) is 12.4. The van der Waals surface area contributed by atoms with Gasteiger partial charge in [-0.05, 0) is 125 Å². The van der Waals surface area contributed by atoms with Crippen molar-refractivity contribution in [2.24, 2.45) is 0 Å². The summed E-state index contributed by atoms with van der Waals surface area (Å²) >= 11 is 0. The maximum atomic E-state index is 14.0. The number of hydrogen-bond acceptors (Lipinski definition) is 11. The van der Waals surface area contributed by atoms with Crippen molar-refractivity contribution >= 4 is 59.1 Å². The number of ketones is 1. The van der Waals surface area contributed by atoms with Crippen LogP contribution in [0.2, 0.25) is 0 Å². The van der Waals surface area contributed by atoms with Crippen LogP contribution in [0.1, 0.15) is 159 Å². The Balaban J connectivity index is 0.906. The molecule has 352 valence electrons. The van der Waals surface area contributed by atoms with Crippen molar-refractivity contribution in [3.63, 3.8) is 0 Å². The fraction of sp³-hybridized carbons (Fsp3) is 0.278. The van der Waals surface area contributed by atoms with Crippen molar-refractivity contribution < 1.29 is 47.9 Å². The molecule has 1 atom stereocenters. The second-order valence-corrected chi connectivity index (χ2v) is 18.8. The highest BCUT2D eigenvalue weighted by Crippen LogP contribution is 2.35. The molecule has 0 fully saturated rings. The molecule has 7 amide bonds. The van der Waals surface area contributed by atoms with Crippen LogP contribution in [-0.4, -0.2) is 118 Å². The van der Waals surface area contributed by atoms with Crippen LogP contribution >= 0.6 is 0 Å². The highest BCUT2D eigenvalue weighted by Gasteiger charge is 2.45. The first kappa shape index (κ1) is 47.7. The van der Waals surface area contributed by atoms with Gasteiger partial charge in [0, 0.05) is 35.5 Å². The summed E-state index contributed by atoms with van der Waals surface area (Å²) in [5, 5.41) is 0. The number of rotatable bonds is 15. The molecular weight excluding hydrogens is 879 g/mol. The lowest BCUT2D eigenvalue weighted by Crippen LogP contribution is -2.52. The minimum atomic E-state index is -1.13. The monoisotopic (exact) mass is 929 g/mol. The highest BCUT2D eigenvalue weighted by molar-refractivity contribution is 6.25. The minimum Gasteiger partial charge on any atom is -0.358 e. The third-order valence-electron chi connectivity index (χ3n) is 13.3. The average Bonchev–Trinajstić information content (AvgIpc) is 3.85. The van der Waals surface area contributed by atoms with Gasteiger partial charge in [-0.1, -0.05) is 50.2 Å². The molecule has 15 nitrogen and oxygen atoms in total. The molecule has 5 aromatic rings. The number of nitrogens with zero attached hydrogens (tertiary/aromatic N) is 5. The Morgan fingerprint density at radius 2 is 1.14 bits per heavy atom. The van der Waals surface area contributed by atoms with E-state index in [0.29, 0.717) is 23.1 Å². The van der Waals surface area contributed by atoms with E-state index in [-0.39, 0.29) is 86.9 Å². The van der Waals surface area contributed by atoms with Crippen LogP contribution in [0.25, 0.3) is 11.1 Å². The molecular formula is C54H51N5O10. The lowest BCUT2D eigenvalue weighted by molar-refractivity contribution is -0.101. The summed E-state index contributed by atoms with van der Waals surface area (Å²) in [5.74, 6) is -3.77. The van der Waals surface area contributed by atoms with Gasteiger partial charge in [0.2, 0.25) is 0 Å². The zero-order valence-electron chi connectivity index (χ0n) is 39.8. The number of aldehydes is 1. The van der Waals surface area contributed by atoms with Crippen LogP contribution < -0.4 is 4.90 Å². The number of imide groups is 3. The fourth-order valence-electron chi connectivity index (χ4n) is 8.80. The van der Waals surface area contributed by atoms with E-state index in [0.717, 1.165) is 20.3 Å². The fourth-order valence-corrected chi connectivity index (χ4v) is 8.80. The number of fused-ring (bicyclic) bond motifs is 3. The molecule has 0 N–H and O–H groups in total. The van der Waals surface area contributed by atoms with Crippen molar-refractivity contribution in [1.29, 1.82) is 0 Å². The lowest BCUT2D eigenvalue weighted by atomic mass is 9.96. The van der Waals surface area contributed by atoms with Gasteiger partial charge in [-0.2, -0.15) is 0 Å². The van der Waals surface area contributed by atoms with Crippen molar-refractivity contribution in [2.75, 3.05) is 32.4 Å². The van der Waals surface area contributed by atoms with Gasteiger partial charge in [-0.25, -0.2) is 0 Å². The number of carbonyl (C=O) groups is 9.